The Morgan fingerprint density at radius 2 is 2.31 bits per heavy atom. The summed E-state index contributed by atoms with van der Waals surface area (Å²) in [4.78, 5) is 0. The van der Waals surface area contributed by atoms with Crippen LogP contribution < -0.4 is 11.1 Å². The molecule has 70 valence electrons. The molecule has 0 aliphatic carbocycles. The van der Waals surface area contributed by atoms with Gasteiger partial charge in [0.25, 0.3) is 0 Å². The minimum atomic E-state index is 0.222. The minimum absolute atomic E-state index is 0.222. The van der Waals surface area contributed by atoms with E-state index in [2.05, 4.69) is 24.4 Å². The van der Waals surface area contributed by atoms with Gasteiger partial charge in [-0.3, -0.25) is 5.41 Å². The molecular weight excluding hydrogens is 162 g/mol. The van der Waals surface area contributed by atoms with Crippen molar-refractivity contribution in [3.63, 3.8) is 0 Å². The third kappa shape index (κ3) is 3.60. The number of amidine groups is 1. The van der Waals surface area contributed by atoms with Gasteiger partial charge in [0.1, 0.15) is 0 Å². The van der Waals surface area contributed by atoms with Gasteiger partial charge >= 0.3 is 0 Å². The van der Waals surface area contributed by atoms with E-state index in [1.807, 2.05) is 12.1 Å². The highest BCUT2D eigenvalue weighted by atomic mass is 14.9. The van der Waals surface area contributed by atoms with Crippen molar-refractivity contribution in [3.8, 4) is 0 Å². The molecule has 0 bridgehead atoms. The predicted molar refractivity (Wildman–Crippen MR) is 56.2 cm³/mol. The van der Waals surface area contributed by atoms with Gasteiger partial charge in [-0.15, -0.1) is 0 Å². The Labute approximate surface area is 78.5 Å². The molecule has 0 saturated heterocycles. The van der Waals surface area contributed by atoms with E-state index in [-0.39, 0.29) is 5.84 Å². The third-order valence-corrected chi connectivity index (χ3v) is 1.74. The number of hydrogen-bond acceptors (Lipinski definition) is 2. The van der Waals surface area contributed by atoms with E-state index in [0.29, 0.717) is 6.42 Å². The number of hydrogen-bond donors (Lipinski definition) is 3. The Morgan fingerprint density at radius 1 is 1.54 bits per heavy atom. The van der Waals surface area contributed by atoms with Crippen LogP contribution in [0.4, 0.5) is 5.69 Å². The van der Waals surface area contributed by atoms with E-state index in [1.54, 1.807) is 0 Å². The Morgan fingerprint density at radius 3 is 2.92 bits per heavy atom. The van der Waals surface area contributed by atoms with E-state index in [0.717, 1.165) is 12.2 Å². The maximum atomic E-state index is 7.04. The summed E-state index contributed by atoms with van der Waals surface area (Å²) in [5.41, 5.74) is 7.54. The summed E-state index contributed by atoms with van der Waals surface area (Å²) >= 11 is 0. The second-order valence-electron chi connectivity index (χ2n) is 3.07. The first-order valence-electron chi connectivity index (χ1n) is 4.32. The van der Waals surface area contributed by atoms with Crippen molar-refractivity contribution in [2.45, 2.75) is 13.3 Å². The van der Waals surface area contributed by atoms with Crippen molar-refractivity contribution >= 4 is 11.5 Å². The molecule has 13 heavy (non-hydrogen) atoms. The summed E-state index contributed by atoms with van der Waals surface area (Å²) in [6, 6.07) is 8.13. The number of nitrogens with one attached hydrogen (secondary N) is 2. The molecule has 3 heteroatoms. The fourth-order valence-electron chi connectivity index (χ4n) is 1.10. The van der Waals surface area contributed by atoms with Crippen LogP contribution in [0.25, 0.3) is 0 Å². The number of rotatable bonds is 4. The Bertz CT molecular complexity index is 294. The Balaban J connectivity index is 2.41. The lowest BCUT2D eigenvalue weighted by atomic mass is 10.2. The molecule has 0 saturated carbocycles. The van der Waals surface area contributed by atoms with Gasteiger partial charge in [0.15, 0.2) is 0 Å². The number of benzene rings is 1. The fourth-order valence-corrected chi connectivity index (χ4v) is 1.10. The quantitative estimate of drug-likeness (QED) is 0.484. The summed E-state index contributed by atoms with van der Waals surface area (Å²) in [5, 5.41) is 10.2. The van der Waals surface area contributed by atoms with Gasteiger partial charge < -0.3 is 11.1 Å². The second-order valence-corrected chi connectivity index (χ2v) is 3.07. The largest absolute Gasteiger partial charge is 0.388 e. The average molecular weight is 177 g/mol. The molecule has 0 spiro atoms. The molecule has 0 heterocycles. The van der Waals surface area contributed by atoms with Gasteiger partial charge in [0.2, 0.25) is 0 Å². The highest BCUT2D eigenvalue weighted by molar-refractivity contribution is 5.77. The second kappa shape index (κ2) is 4.50. The molecule has 3 nitrogen and oxygen atoms in total. The Kier molecular flexibility index (Phi) is 3.31. The molecule has 1 rings (SSSR count). The summed E-state index contributed by atoms with van der Waals surface area (Å²) in [6.45, 7) is 2.77. The summed E-state index contributed by atoms with van der Waals surface area (Å²) < 4.78 is 0. The smallest absolute Gasteiger partial charge is 0.0923 e. The van der Waals surface area contributed by atoms with Gasteiger partial charge in [0.05, 0.1) is 5.84 Å². The summed E-state index contributed by atoms with van der Waals surface area (Å²) in [7, 11) is 0. The minimum Gasteiger partial charge on any atom is -0.388 e. The van der Waals surface area contributed by atoms with Crippen molar-refractivity contribution in [2.24, 2.45) is 5.73 Å². The van der Waals surface area contributed by atoms with Crippen molar-refractivity contribution < 1.29 is 0 Å². The lowest BCUT2D eigenvalue weighted by molar-refractivity contribution is 1.08. The maximum absolute atomic E-state index is 7.04. The van der Waals surface area contributed by atoms with Crippen molar-refractivity contribution in [2.75, 3.05) is 11.9 Å². The first-order valence-corrected chi connectivity index (χ1v) is 4.32. The van der Waals surface area contributed by atoms with Crippen LogP contribution in [0.15, 0.2) is 24.3 Å². The van der Waals surface area contributed by atoms with Crippen LogP contribution in [0.5, 0.6) is 0 Å². The average Bonchev–Trinajstić information content (AvgIpc) is 2.03. The van der Waals surface area contributed by atoms with E-state index >= 15 is 0 Å². The van der Waals surface area contributed by atoms with E-state index in [1.165, 1.54) is 5.56 Å². The Hall–Kier alpha value is -1.51. The molecule has 0 aliphatic heterocycles. The van der Waals surface area contributed by atoms with Gasteiger partial charge in [0, 0.05) is 18.7 Å². The van der Waals surface area contributed by atoms with Crippen LogP contribution >= 0.6 is 0 Å². The molecule has 0 radical (unpaired) electrons. The highest BCUT2D eigenvalue weighted by Crippen LogP contribution is 2.08. The maximum Gasteiger partial charge on any atom is 0.0923 e. The normalized spacial score (nSPS) is 9.62. The van der Waals surface area contributed by atoms with Gasteiger partial charge in [-0.2, -0.15) is 0 Å². The summed E-state index contributed by atoms with van der Waals surface area (Å²) in [6.07, 6.45) is 0.591. The zero-order valence-electron chi connectivity index (χ0n) is 7.80. The van der Waals surface area contributed by atoms with E-state index < -0.39 is 0 Å². The lowest BCUT2D eigenvalue weighted by Crippen LogP contribution is -2.15. The van der Waals surface area contributed by atoms with Crippen molar-refractivity contribution in [1.82, 2.24) is 0 Å². The molecule has 0 aromatic heterocycles. The molecule has 1 aromatic rings. The molecule has 1 aromatic carbocycles. The zero-order chi connectivity index (χ0) is 9.68. The topological polar surface area (TPSA) is 61.9 Å². The predicted octanol–water partition coefficient (Wildman–Crippen LogP) is 1.73. The third-order valence-electron chi connectivity index (χ3n) is 1.74. The molecule has 0 unspecified atom stereocenters. The molecule has 0 aliphatic rings. The fraction of sp³-hybridized carbons (Fsp3) is 0.300. The number of aryl methyl sites for hydroxylation is 1. The van der Waals surface area contributed by atoms with Gasteiger partial charge in [-0.25, -0.2) is 0 Å². The van der Waals surface area contributed by atoms with Crippen LogP contribution in [0.3, 0.4) is 0 Å². The number of nitrogens with two attached hydrogens (primary N) is 1. The van der Waals surface area contributed by atoms with E-state index in [4.69, 9.17) is 11.1 Å². The zero-order valence-corrected chi connectivity index (χ0v) is 7.80. The highest BCUT2D eigenvalue weighted by Gasteiger charge is 1.92. The first kappa shape index (κ1) is 9.58. The van der Waals surface area contributed by atoms with Crippen LogP contribution in [0, 0.1) is 12.3 Å². The molecule has 0 atom stereocenters. The lowest BCUT2D eigenvalue weighted by Gasteiger charge is -2.05. The first-order chi connectivity index (χ1) is 6.18. The molecule has 0 amide bonds. The van der Waals surface area contributed by atoms with Crippen LogP contribution in [-0.4, -0.2) is 12.4 Å². The van der Waals surface area contributed by atoms with Crippen LogP contribution in [0.1, 0.15) is 12.0 Å². The standard InChI is InChI=1S/C10H15N3/c1-8-3-2-4-9(7-8)13-6-5-10(11)12/h2-4,7,13H,5-6H2,1H3,(H3,11,12). The molecule has 0 fully saturated rings. The van der Waals surface area contributed by atoms with Crippen molar-refractivity contribution in [1.29, 1.82) is 5.41 Å². The molecular formula is C10H15N3. The molecule has 4 N–H and O–H groups in total. The SMILES string of the molecule is Cc1cccc(NCCC(=N)N)c1. The number of anilines is 1. The summed E-state index contributed by atoms with van der Waals surface area (Å²) in [5.74, 6) is 0.222. The van der Waals surface area contributed by atoms with Gasteiger partial charge in [-0.05, 0) is 24.6 Å². The van der Waals surface area contributed by atoms with Crippen molar-refractivity contribution in [3.05, 3.63) is 29.8 Å². The van der Waals surface area contributed by atoms with Crippen LogP contribution in [0.2, 0.25) is 0 Å². The monoisotopic (exact) mass is 177 g/mol. The van der Waals surface area contributed by atoms with Gasteiger partial charge in [-0.1, -0.05) is 12.1 Å². The van der Waals surface area contributed by atoms with Crippen LogP contribution in [-0.2, 0) is 0 Å². The van der Waals surface area contributed by atoms with E-state index in [9.17, 15) is 0 Å².